The van der Waals surface area contributed by atoms with Gasteiger partial charge in [0.1, 0.15) is 5.75 Å². The van der Waals surface area contributed by atoms with Gasteiger partial charge in [0, 0.05) is 24.8 Å². The van der Waals surface area contributed by atoms with Crippen LogP contribution in [0.25, 0.3) is 0 Å². The Labute approximate surface area is 104 Å². The van der Waals surface area contributed by atoms with E-state index in [1.54, 1.807) is 0 Å². The minimum Gasteiger partial charge on any atom is -0.494 e. The molecule has 2 rings (SSSR count). The van der Waals surface area contributed by atoms with Crippen LogP contribution in [-0.4, -0.2) is 25.7 Å². The van der Waals surface area contributed by atoms with E-state index in [-0.39, 0.29) is 0 Å². The molecule has 0 radical (unpaired) electrons. The van der Waals surface area contributed by atoms with Crippen LogP contribution in [-0.2, 0) is 0 Å². The highest BCUT2D eigenvalue weighted by Gasteiger charge is 2.27. The topological polar surface area (TPSA) is 38.5 Å². The number of ether oxygens (including phenoxy) is 1. The predicted octanol–water partition coefficient (Wildman–Crippen LogP) is 2.40. The van der Waals surface area contributed by atoms with Crippen molar-refractivity contribution in [3.8, 4) is 5.75 Å². The molecule has 2 atom stereocenters. The zero-order valence-corrected chi connectivity index (χ0v) is 10.7. The largest absolute Gasteiger partial charge is 0.494 e. The molecule has 0 spiro atoms. The molecule has 94 valence electrons. The van der Waals surface area contributed by atoms with Crippen molar-refractivity contribution in [1.29, 1.82) is 0 Å². The van der Waals surface area contributed by atoms with Crippen LogP contribution in [0.1, 0.15) is 26.2 Å². The van der Waals surface area contributed by atoms with Gasteiger partial charge in [-0.1, -0.05) is 0 Å². The van der Waals surface area contributed by atoms with Crippen LogP contribution in [0.15, 0.2) is 24.3 Å². The van der Waals surface area contributed by atoms with E-state index in [9.17, 15) is 0 Å². The fraction of sp³-hybridized carbons (Fsp3) is 0.571. The van der Waals surface area contributed by atoms with E-state index >= 15 is 0 Å². The summed E-state index contributed by atoms with van der Waals surface area (Å²) in [4.78, 5) is 2.30. The van der Waals surface area contributed by atoms with Crippen molar-refractivity contribution >= 4 is 5.69 Å². The third-order valence-corrected chi connectivity index (χ3v) is 3.58. The van der Waals surface area contributed by atoms with Crippen LogP contribution in [0.2, 0.25) is 0 Å². The van der Waals surface area contributed by atoms with Gasteiger partial charge in [-0.3, -0.25) is 0 Å². The fourth-order valence-corrected chi connectivity index (χ4v) is 2.59. The maximum Gasteiger partial charge on any atom is 0.119 e. The van der Waals surface area contributed by atoms with Gasteiger partial charge in [-0.2, -0.15) is 0 Å². The van der Waals surface area contributed by atoms with E-state index in [1.807, 2.05) is 19.1 Å². The number of hydrogen-bond acceptors (Lipinski definition) is 3. The SMILES string of the molecule is CCOc1ccc(N(C)C2CCCC2N)cc1. The Balaban J connectivity index is 2.05. The number of nitrogens with zero attached hydrogens (tertiary/aromatic N) is 1. The molecule has 0 heterocycles. The second kappa shape index (κ2) is 5.41. The van der Waals surface area contributed by atoms with Crippen LogP contribution in [0.4, 0.5) is 5.69 Å². The van der Waals surface area contributed by atoms with Crippen LogP contribution in [0, 0.1) is 0 Å². The van der Waals surface area contributed by atoms with Crippen molar-refractivity contribution in [2.75, 3.05) is 18.6 Å². The summed E-state index contributed by atoms with van der Waals surface area (Å²) in [6.45, 7) is 2.71. The van der Waals surface area contributed by atoms with Crippen LogP contribution >= 0.6 is 0 Å². The number of hydrogen-bond donors (Lipinski definition) is 1. The van der Waals surface area contributed by atoms with Gasteiger partial charge in [-0.15, -0.1) is 0 Å². The van der Waals surface area contributed by atoms with Crippen molar-refractivity contribution < 1.29 is 4.74 Å². The molecule has 1 saturated carbocycles. The third kappa shape index (κ3) is 2.72. The molecule has 1 aliphatic carbocycles. The van der Waals surface area contributed by atoms with E-state index in [0.717, 1.165) is 12.2 Å². The molecule has 0 bridgehead atoms. The standard InChI is InChI=1S/C14H22N2O/c1-3-17-12-9-7-11(8-10-12)16(2)14-6-4-5-13(14)15/h7-10,13-14H,3-6,15H2,1-2H3. The molecule has 0 amide bonds. The molecule has 3 nitrogen and oxygen atoms in total. The molecular weight excluding hydrogens is 212 g/mol. The van der Waals surface area contributed by atoms with Gasteiger partial charge in [0.2, 0.25) is 0 Å². The monoisotopic (exact) mass is 234 g/mol. The molecule has 1 aliphatic rings. The van der Waals surface area contributed by atoms with Gasteiger partial charge >= 0.3 is 0 Å². The Morgan fingerprint density at radius 2 is 2.00 bits per heavy atom. The Morgan fingerprint density at radius 1 is 1.29 bits per heavy atom. The lowest BCUT2D eigenvalue weighted by molar-refractivity contribution is 0.340. The number of anilines is 1. The normalized spacial score (nSPS) is 23.7. The van der Waals surface area contributed by atoms with Crippen LogP contribution in [0.3, 0.4) is 0 Å². The zero-order chi connectivity index (χ0) is 12.3. The molecule has 0 aliphatic heterocycles. The molecular formula is C14H22N2O. The minimum atomic E-state index is 0.312. The molecule has 1 aromatic carbocycles. The maximum atomic E-state index is 6.13. The van der Waals surface area contributed by atoms with Crippen molar-refractivity contribution in [3.05, 3.63) is 24.3 Å². The van der Waals surface area contributed by atoms with E-state index in [4.69, 9.17) is 10.5 Å². The fourth-order valence-electron chi connectivity index (χ4n) is 2.59. The first-order valence-electron chi connectivity index (χ1n) is 6.43. The van der Waals surface area contributed by atoms with Crippen molar-refractivity contribution in [2.45, 2.75) is 38.3 Å². The average Bonchev–Trinajstić information content (AvgIpc) is 2.76. The molecule has 1 aromatic rings. The molecule has 2 unspecified atom stereocenters. The van der Waals surface area contributed by atoms with E-state index in [2.05, 4.69) is 24.1 Å². The molecule has 0 aromatic heterocycles. The van der Waals surface area contributed by atoms with E-state index in [1.165, 1.54) is 18.5 Å². The Bertz CT molecular complexity index is 350. The van der Waals surface area contributed by atoms with Crippen molar-refractivity contribution in [3.63, 3.8) is 0 Å². The number of nitrogens with two attached hydrogens (primary N) is 1. The Hall–Kier alpha value is -1.22. The summed E-state index contributed by atoms with van der Waals surface area (Å²) in [5.74, 6) is 0.931. The summed E-state index contributed by atoms with van der Waals surface area (Å²) in [5.41, 5.74) is 7.35. The van der Waals surface area contributed by atoms with Gasteiger partial charge in [0.15, 0.2) is 0 Å². The third-order valence-electron chi connectivity index (χ3n) is 3.58. The van der Waals surface area contributed by atoms with Crippen LogP contribution < -0.4 is 15.4 Å². The minimum absolute atomic E-state index is 0.312. The second-order valence-corrected chi connectivity index (χ2v) is 4.70. The summed E-state index contributed by atoms with van der Waals surface area (Å²) in [6, 6.07) is 9.05. The lowest BCUT2D eigenvalue weighted by Gasteiger charge is -2.29. The smallest absolute Gasteiger partial charge is 0.119 e. The quantitative estimate of drug-likeness (QED) is 0.869. The summed E-state index contributed by atoms with van der Waals surface area (Å²) >= 11 is 0. The molecule has 3 heteroatoms. The molecule has 1 fully saturated rings. The lowest BCUT2D eigenvalue weighted by atomic mass is 10.1. The molecule has 17 heavy (non-hydrogen) atoms. The maximum absolute atomic E-state index is 6.13. The van der Waals surface area contributed by atoms with Gasteiger partial charge in [-0.25, -0.2) is 0 Å². The average molecular weight is 234 g/mol. The number of rotatable bonds is 4. The van der Waals surface area contributed by atoms with Crippen LogP contribution in [0.5, 0.6) is 5.75 Å². The first-order chi connectivity index (χ1) is 8.22. The second-order valence-electron chi connectivity index (χ2n) is 4.70. The van der Waals surface area contributed by atoms with E-state index in [0.29, 0.717) is 18.7 Å². The molecule has 2 N–H and O–H groups in total. The van der Waals surface area contributed by atoms with Gasteiger partial charge in [-0.05, 0) is 50.5 Å². The lowest BCUT2D eigenvalue weighted by Crippen LogP contribution is -2.42. The summed E-state index contributed by atoms with van der Waals surface area (Å²) in [7, 11) is 2.13. The van der Waals surface area contributed by atoms with Crippen molar-refractivity contribution in [2.24, 2.45) is 5.73 Å². The first-order valence-corrected chi connectivity index (χ1v) is 6.43. The zero-order valence-electron chi connectivity index (χ0n) is 10.7. The van der Waals surface area contributed by atoms with Gasteiger partial charge < -0.3 is 15.4 Å². The highest BCUT2D eigenvalue weighted by molar-refractivity contribution is 5.49. The van der Waals surface area contributed by atoms with Gasteiger partial charge in [0.05, 0.1) is 6.61 Å². The summed E-state index contributed by atoms with van der Waals surface area (Å²) in [5, 5.41) is 0. The summed E-state index contributed by atoms with van der Waals surface area (Å²) < 4.78 is 5.44. The summed E-state index contributed by atoms with van der Waals surface area (Å²) in [6.07, 6.45) is 3.59. The Kier molecular flexibility index (Phi) is 3.89. The first kappa shape index (κ1) is 12.2. The van der Waals surface area contributed by atoms with Gasteiger partial charge in [0.25, 0.3) is 0 Å². The Morgan fingerprint density at radius 3 is 2.53 bits per heavy atom. The van der Waals surface area contributed by atoms with E-state index < -0.39 is 0 Å². The molecule has 0 saturated heterocycles. The number of benzene rings is 1. The predicted molar refractivity (Wildman–Crippen MR) is 71.6 cm³/mol. The number of likely N-dealkylation sites (N-methyl/N-ethyl adjacent to an activating group) is 1. The highest BCUT2D eigenvalue weighted by Crippen LogP contribution is 2.27. The highest BCUT2D eigenvalue weighted by atomic mass is 16.5. The van der Waals surface area contributed by atoms with Crippen molar-refractivity contribution in [1.82, 2.24) is 0 Å².